The van der Waals surface area contributed by atoms with E-state index in [1.165, 1.54) is 12.1 Å². The highest BCUT2D eigenvalue weighted by atomic mass is 16.3. The lowest BCUT2D eigenvalue weighted by atomic mass is 10.0. The summed E-state index contributed by atoms with van der Waals surface area (Å²) in [4.78, 5) is 22.4. The third-order valence-electron chi connectivity index (χ3n) is 2.66. The van der Waals surface area contributed by atoms with Crippen LogP contribution in [0.1, 0.15) is 21.5 Å². The molecule has 18 heavy (non-hydrogen) atoms. The maximum absolute atomic E-state index is 12.1. The molecule has 0 saturated carbocycles. The van der Waals surface area contributed by atoms with E-state index in [1.807, 2.05) is 0 Å². The van der Waals surface area contributed by atoms with E-state index in [1.54, 1.807) is 36.4 Å². The number of carbonyl (C=O) groups is 2. The molecular weight excluding hydrogens is 228 g/mol. The molecule has 90 valence electrons. The SMILES string of the molecule is O=CCc1ccc(C(=O)c2ccc(O)cc2)cc1. The maximum atomic E-state index is 12.1. The lowest BCUT2D eigenvalue weighted by Gasteiger charge is -2.02. The fourth-order valence-corrected chi connectivity index (χ4v) is 1.67. The number of rotatable bonds is 4. The summed E-state index contributed by atoms with van der Waals surface area (Å²) >= 11 is 0. The minimum absolute atomic E-state index is 0.104. The zero-order chi connectivity index (χ0) is 13.0. The maximum Gasteiger partial charge on any atom is 0.193 e. The van der Waals surface area contributed by atoms with Crippen molar-refractivity contribution in [1.82, 2.24) is 0 Å². The molecule has 0 radical (unpaired) electrons. The number of hydrogen-bond donors (Lipinski definition) is 1. The van der Waals surface area contributed by atoms with E-state index in [4.69, 9.17) is 5.11 Å². The standard InChI is InChI=1S/C15H12O3/c16-10-9-11-1-3-12(4-2-11)15(18)13-5-7-14(17)8-6-13/h1-8,10,17H,9H2. The lowest BCUT2D eigenvalue weighted by molar-refractivity contribution is -0.107. The first-order valence-electron chi connectivity index (χ1n) is 5.57. The van der Waals surface area contributed by atoms with Crippen LogP contribution in [0.25, 0.3) is 0 Å². The van der Waals surface area contributed by atoms with Crippen LogP contribution in [0.2, 0.25) is 0 Å². The van der Waals surface area contributed by atoms with Crippen LogP contribution in [0, 0.1) is 0 Å². The van der Waals surface area contributed by atoms with Crippen LogP contribution < -0.4 is 0 Å². The molecule has 3 nitrogen and oxygen atoms in total. The first kappa shape index (κ1) is 12.0. The van der Waals surface area contributed by atoms with Gasteiger partial charge in [0.05, 0.1) is 0 Å². The Hall–Kier alpha value is -2.42. The molecule has 2 aromatic rings. The van der Waals surface area contributed by atoms with Crippen molar-refractivity contribution in [3.05, 3.63) is 65.2 Å². The molecule has 0 heterocycles. The molecule has 0 bridgehead atoms. The third-order valence-corrected chi connectivity index (χ3v) is 2.66. The van der Waals surface area contributed by atoms with Crippen molar-refractivity contribution in [2.24, 2.45) is 0 Å². The minimum Gasteiger partial charge on any atom is -0.508 e. The van der Waals surface area contributed by atoms with E-state index in [0.717, 1.165) is 11.8 Å². The number of benzene rings is 2. The molecule has 0 saturated heterocycles. The predicted molar refractivity (Wildman–Crippen MR) is 67.7 cm³/mol. The van der Waals surface area contributed by atoms with Crippen LogP contribution >= 0.6 is 0 Å². The van der Waals surface area contributed by atoms with E-state index < -0.39 is 0 Å². The molecule has 0 aliphatic heterocycles. The molecule has 2 aromatic carbocycles. The van der Waals surface area contributed by atoms with Crippen LogP contribution in [-0.2, 0) is 11.2 Å². The smallest absolute Gasteiger partial charge is 0.193 e. The second-order valence-corrected chi connectivity index (χ2v) is 3.94. The largest absolute Gasteiger partial charge is 0.508 e. The highest BCUT2D eigenvalue weighted by Gasteiger charge is 2.08. The Morgan fingerprint density at radius 1 is 0.944 bits per heavy atom. The Morgan fingerprint density at radius 2 is 1.44 bits per heavy atom. The van der Waals surface area contributed by atoms with Gasteiger partial charge in [0.25, 0.3) is 0 Å². The van der Waals surface area contributed by atoms with Gasteiger partial charge in [0.1, 0.15) is 12.0 Å². The van der Waals surface area contributed by atoms with Crippen LogP contribution in [0.4, 0.5) is 0 Å². The molecule has 0 amide bonds. The van der Waals surface area contributed by atoms with Gasteiger partial charge in [0.15, 0.2) is 5.78 Å². The van der Waals surface area contributed by atoms with Crippen LogP contribution in [0.3, 0.4) is 0 Å². The molecule has 3 heteroatoms. The fraction of sp³-hybridized carbons (Fsp3) is 0.0667. The normalized spacial score (nSPS) is 10.0. The molecule has 0 aromatic heterocycles. The first-order valence-corrected chi connectivity index (χ1v) is 5.57. The molecule has 2 rings (SSSR count). The van der Waals surface area contributed by atoms with Gasteiger partial charge in [-0.25, -0.2) is 0 Å². The van der Waals surface area contributed by atoms with Crippen molar-refractivity contribution in [2.75, 3.05) is 0 Å². The van der Waals surface area contributed by atoms with Crippen molar-refractivity contribution < 1.29 is 14.7 Å². The zero-order valence-corrected chi connectivity index (χ0v) is 9.67. The number of phenolic OH excluding ortho intramolecular Hbond substituents is 1. The van der Waals surface area contributed by atoms with E-state index in [9.17, 15) is 9.59 Å². The van der Waals surface area contributed by atoms with E-state index in [0.29, 0.717) is 17.5 Å². The first-order chi connectivity index (χ1) is 8.70. The summed E-state index contributed by atoms with van der Waals surface area (Å²) in [5.74, 6) is 0.0283. The van der Waals surface area contributed by atoms with Gasteiger partial charge in [-0.15, -0.1) is 0 Å². The van der Waals surface area contributed by atoms with Gasteiger partial charge in [-0.1, -0.05) is 24.3 Å². The van der Waals surface area contributed by atoms with E-state index >= 15 is 0 Å². The molecule has 0 atom stereocenters. The van der Waals surface area contributed by atoms with Gasteiger partial charge >= 0.3 is 0 Å². The topological polar surface area (TPSA) is 54.4 Å². The van der Waals surface area contributed by atoms with Gasteiger partial charge in [-0.05, 0) is 29.8 Å². The van der Waals surface area contributed by atoms with Crippen molar-refractivity contribution in [3.8, 4) is 5.75 Å². The van der Waals surface area contributed by atoms with Gasteiger partial charge < -0.3 is 9.90 Å². The third kappa shape index (κ3) is 2.63. The predicted octanol–water partition coefficient (Wildman–Crippen LogP) is 2.36. The number of hydrogen-bond acceptors (Lipinski definition) is 3. The summed E-state index contributed by atoms with van der Waals surface area (Å²) in [5.41, 5.74) is 1.97. The van der Waals surface area contributed by atoms with Crippen molar-refractivity contribution in [3.63, 3.8) is 0 Å². The minimum atomic E-state index is -0.104. The van der Waals surface area contributed by atoms with Crippen LogP contribution in [0.5, 0.6) is 5.75 Å². The number of ketones is 1. The Bertz CT molecular complexity index is 553. The van der Waals surface area contributed by atoms with E-state index in [2.05, 4.69) is 0 Å². The van der Waals surface area contributed by atoms with Gasteiger partial charge in [0.2, 0.25) is 0 Å². The quantitative estimate of drug-likeness (QED) is 0.659. The molecule has 0 aliphatic carbocycles. The summed E-state index contributed by atoms with van der Waals surface area (Å²) in [6.07, 6.45) is 1.19. The fourth-order valence-electron chi connectivity index (χ4n) is 1.67. The van der Waals surface area contributed by atoms with Crippen molar-refractivity contribution in [2.45, 2.75) is 6.42 Å². The van der Waals surface area contributed by atoms with Crippen LogP contribution in [0.15, 0.2) is 48.5 Å². The highest BCUT2D eigenvalue weighted by molar-refractivity contribution is 6.09. The summed E-state index contributed by atoms with van der Waals surface area (Å²) in [6.45, 7) is 0. The highest BCUT2D eigenvalue weighted by Crippen LogP contribution is 2.14. The summed E-state index contributed by atoms with van der Waals surface area (Å²) < 4.78 is 0. The Labute approximate surface area is 105 Å². The average molecular weight is 240 g/mol. The molecule has 0 unspecified atom stereocenters. The second-order valence-electron chi connectivity index (χ2n) is 3.94. The summed E-state index contributed by atoms with van der Waals surface area (Å²) in [5, 5.41) is 9.16. The summed E-state index contributed by atoms with van der Waals surface area (Å²) in [6, 6.07) is 13.1. The second kappa shape index (κ2) is 5.27. The van der Waals surface area contributed by atoms with E-state index in [-0.39, 0.29) is 11.5 Å². The Balaban J connectivity index is 2.23. The Morgan fingerprint density at radius 3 is 1.94 bits per heavy atom. The summed E-state index contributed by atoms with van der Waals surface area (Å²) in [7, 11) is 0. The number of phenols is 1. The lowest BCUT2D eigenvalue weighted by Crippen LogP contribution is -2.01. The van der Waals surface area contributed by atoms with Crippen molar-refractivity contribution in [1.29, 1.82) is 0 Å². The molecule has 0 aliphatic rings. The molecule has 0 spiro atoms. The zero-order valence-electron chi connectivity index (χ0n) is 9.67. The van der Waals surface area contributed by atoms with Crippen molar-refractivity contribution >= 4 is 12.1 Å². The number of carbonyl (C=O) groups excluding carboxylic acids is 2. The molecule has 0 fully saturated rings. The monoisotopic (exact) mass is 240 g/mol. The number of aromatic hydroxyl groups is 1. The number of aldehydes is 1. The van der Waals surface area contributed by atoms with Gasteiger partial charge in [0, 0.05) is 17.5 Å². The van der Waals surface area contributed by atoms with Gasteiger partial charge in [-0.3, -0.25) is 4.79 Å². The Kier molecular flexibility index (Phi) is 3.53. The average Bonchev–Trinajstić information content (AvgIpc) is 2.40. The molecule has 1 N–H and O–H groups in total. The van der Waals surface area contributed by atoms with Gasteiger partial charge in [-0.2, -0.15) is 0 Å². The molecular formula is C15H12O3. The van der Waals surface area contributed by atoms with Crippen LogP contribution in [-0.4, -0.2) is 17.2 Å².